The van der Waals surface area contributed by atoms with Gasteiger partial charge in [0.1, 0.15) is 6.42 Å². The Morgan fingerprint density at radius 3 is 2.27 bits per heavy atom. The first-order valence-corrected chi connectivity index (χ1v) is 7.43. The summed E-state index contributed by atoms with van der Waals surface area (Å²) in [7, 11) is 0. The van der Waals surface area contributed by atoms with Gasteiger partial charge in [0.15, 0.2) is 0 Å². The lowest BCUT2D eigenvalue weighted by Crippen LogP contribution is -2.50. The summed E-state index contributed by atoms with van der Waals surface area (Å²) in [6.07, 6.45) is -0.231. The van der Waals surface area contributed by atoms with Crippen molar-refractivity contribution in [1.29, 1.82) is 0 Å². The number of nitrogens with one attached hydrogen (secondary N) is 1. The van der Waals surface area contributed by atoms with Crippen molar-refractivity contribution in [3.63, 3.8) is 0 Å². The highest BCUT2D eigenvalue weighted by Gasteiger charge is 2.23. The number of para-hydroxylation sites is 1. The summed E-state index contributed by atoms with van der Waals surface area (Å²) in [6, 6.07) is 6.86. The van der Waals surface area contributed by atoms with Crippen LogP contribution in [0.15, 0.2) is 24.3 Å². The molecule has 1 aliphatic heterocycles. The first-order chi connectivity index (χ1) is 10.5. The largest absolute Gasteiger partial charge is 0.339 e. The van der Waals surface area contributed by atoms with E-state index in [4.69, 9.17) is 11.6 Å². The van der Waals surface area contributed by atoms with E-state index in [1.807, 2.05) is 0 Å². The predicted molar refractivity (Wildman–Crippen MR) is 83.5 cm³/mol. The first kappa shape index (κ1) is 16.3. The van der Waals surface area contributed by atoms with Crippen LogP contribution in [0, 0.1) is 0 Å². The average Bonchev–Trinajstić information content (AvgIpc) is 2.49. The molecule has 7 heteroatoms. The SMILES string of the molecule is CC(=O)N1CCN(C(=O)CC(=O)Nc2ccccc2Cl)CC1. The predicted octanol–water partition coefficient (Wildman–Crippen LogP) is 1.36. The number of anilines is 1. The summed E-state index contributed by atoms with van der Waals surface area (Å²) in [5, 5.41) is 3.05. The molecule has 0 spiro atoms. The fraction of sp³-hybridized carbons (Fsp3) is 0.400. The van der Waals surface area contributed by atoms with E-state index >= 15 is 0 Å². The normalized spacial score (nSPS) is 14.6. The molecular formula is C15H18ClN3O3. The second-order valence-corrected chi connectivity index (χ2v) is 5.50. The van der Waals surface area contributed by atoms with E-state index in [0.717, 1.165) is 0 Å². The molecule has 1 N–H and O–H groups in total. The Morgan fingerprint density at radius 2 is 1.68 bits per heavy atom. The Labute approximate surface area is 134 Å². The number of amides is 3. The highest BCUT2D eigenvalue weighted by atomic mass is 35.5. The van der Waals surface area contributed by atoms with Crippen LogP contribution in [0.25, 0.3) is 0 Å². The van der Waals surface area contributed by atoms with Crippen molar-refractivity contribution in [3.05, 3.63) is 29.3 Å². The van der Waals surface area contributed by atoms with Crippen LogP contribution in [0.4, 0.5) is 5.69 Å². The van der Waals surface area contributed by atoms with Crippen LogP contribution in [-0.2, 0) is 14.4 Å². The number of piperazine rings is 1. The molecule has 0 atom stereocenters. The number of nitrogens with zero attached hydrogens (tertiary/aromatic N) is 2. The van der Waals surface area contributed by atoms with Crippen LogP contribution in [0.5, 0.6) is 0 Å². The lowest BCUT2D eigenvalue weighted by Gasteiger charge is -2.34. The van der Waals surface area contributed by atoms with Crippen molar-refractivity contribution in [2.75, 3.05) is 31.5 Å². The number of carbonyl (C=O) groups excluding carboxylic acids is 3. The van der Waals surface area contributed by atoms with E-state index < -0.39 is 5.91 Å². The van der Waals surface area contributed by atoms with Gasteiger partial charge in [0.05, 0.1) is 10.7 Å². The molecule has 0 unspecified atom stereocenters. The fourth-order valence-corrected chi connectivity index (χ4v) is 2.46. The van der Waals surface area contributed by atoms with E-state index in [1.165, 1.54) is 6.92 Å². The van der Waals surface area contributed by atoms with Gasteiger partial charge in [0, 0.05) is 33.1 Å². The van der Waals surface area contributed by atoms with Crippen LogP contribution in [-0.4, -0.2) is 53.7 Å². The monoisotopic (exact) mass is 323 g/mol. The van der Waals surface area contributed by atoms with Gasteiger partial charge in [-0.15, -0.1) is 0 Å². The Morgan fingerprint density at radius 1 is 1.09 bits per heavy atom. The molecule has 1 heterocycles. The molecule has 118 valence electrons. The Balaban J connectivity index is 1.83. The van der Waals surface area contributed by atoms with Gasteiger partial charge in [0.2, 0.25) is 17.7 Å². The highest BCUT2D eigenvalue weighted by Crippen LogP contribution is 2.20. The Bertz CT molecular complexity index is 583. The molecule has 0 aromatic heterocycles. The maximum Gasteiger partial charge on any atom is 0.233 e. The maximum absolute atomic E-state index is 12.1. The smallest absolute Gasteiger partial charge is 0.233 e. The molecule has 22 heavy (non-hydrogen) atoms. The third-order valence-corrected chi connectivity index (χ3v) is 3.87. The van der Waals surface area contributed by atoms with Crippen molar-refractivity contribution in [3.8, 4) is 0 Å². The molecule has 0 bridgehead atoms. The van der Waals surface area contributed by atoms with Gasteiger partial charge in [0.25, 0.3) is 0 Å². The second-order valence-electron chi connectivity index (χ2n) is 5.09. The summed E-state index contributed by atoms with van der Waals surface area (Å²) in [6.45, 7) is 3.44. The molecule has 1 saturated heterocycles. The van der Waals surface area contributed by atoms with Crippen LogP contribution in [0.2, 0.25) is 5.02 Å². The minimum atomic E-state index is -0.396. The van der Waals surface area contributed by atoms with Crippen LogP contribution in [0.3, 0.4) is 0 Å². The quantitative estimate of drug-likeness (QED) is 0.854. The molecule has 6 nitrogen and oxygen atoms in total. The zero-order valence-electron chi connectivity index (χ0n) is 12.3. The summed E-state index contributed by atoms with van der Waals surface area (Å²) in [4.78, 5) is 38.5. The Hall–Kier alpha value is -2.08. The number of carbonyl (C=O) groups is 3. The number of benzene rings is 1. The van der Waals surface area contributed by atoms with Gasteiger partial charge in [-0.05, 0) is 12.1 Å². The van der Waals surface area contributed by atoms with Crippen LogP contribution >= 0.6 is 11.6 Å². The molecule has 1 aliphatic rings. The van der Waals surface area contributed by atoms with Crippen molar-refractivity contribution in [2.24, 2.45) is 0 Å². The van der Waals surface area contributed by atoms with E-state index in [2.05, 4.69) is 5.32 Å². The van der Waals surface area contributed by atoms with Gasteiger partial charge in [-0.1, -0.05) is 23.7 Å². The summed E-state index contributed by atoms with van der Waals surface area (Å²) in [5.74, 6) is -0.636. The summed E-state index contributed by atoms with van der Waals surface area (Å²) < 4.78 is 0. The molecule has 1 aromatic rings. The van der Waals surface area contributed by atoms with Gasteiger partial charge in [-0.25, -0.2) is 0 Å². The van der Waals surface area contributed by atoms with E-state index in [-0.39, 0.29) is 18.2 Å². The van der Waals surface area contributed by atoms with Crippen LogP contribution in [0.1, 0.15) is 13.3 Å². The lowest BCUT2D eigenvalue weighted by molar-refractivity contribution is -0.140. The third-order valence-electron chi connectivity index (χ3n) is 3.54. The second kappa shape index (κ2) is 7.26. The molecule has 3 amide bonds. The topological polar surface area (TPSA) is 69.7 Å². The van der Waals surface area contributed by atoms with Gasteiger partial charge < -0.3 is 15.1 Å². The van der Waals surface area contributed by atoms with E-state index in [0.29, 0.717) is 36.9 Å². The van der Waals surface area contributed by atoms with Crippen molar-refractivity contribution >= 4 is 35.0 Å². The van der Waals surface area contributed by atoms with Gasteiger partial charge in [-0.3, -0.25) is 14.4 Å². The first-order valence-electron chi connectivity index (χ1n) is 7.05. The summed E-state index contributed by atoms with van der Waals surface area (Å²) >= 11 is 5.95. The minimum Gasteiger partial charge on any atom is -0.339 e. The molecule has 1 aromatic carbocycles. The van der Waals surface area contributed by atoms with Crippen LogP contribution < -0.4 is 5.32 Å². The fourth-order valence-electron chi connectivity index (χ4n) is 2.28. The molecule has 0 radical (unpaired) electrons. The molecule has 2 rings (SSSR count). The van der Waals surface area contributed by atoms with E-state index in [1.54, 1.807) is 34.1 Å². The number of hydrogen-bond acceptors (Lipinski definition) is 3. The zero-order valence-corrected chi connectivity index (χ0v) is 13.1. The molecular weight excluding hydrogens is 306 g/mol. The lowest BCUT2D eigenvalue weighted by atomic mass is 10.2. The minimum absolute atomic E-state index is 0.00330. The number of rotatable bonds is 3. The average molecular weight is 324 g/mol. The van der Waals surface area contributed by atoms with Gasteiger partial charge in [-0.2, -0.15) is 0 Å². The van der Waals surface area contributed by atoms with Gasteiger partial charge >= 0.3 is 0 Å². The molecule has 0 saturated carbocycles. The number of hydrogen-bond donors (Lipinski definition) is 1. The third kappa shape index (κ3) is 4.21. The molecule has 1 fully saturated rings. The molecule has 0 aliphatic carbocycles. The standard InChI is InChI=1S/C15H18ClN3O3/c1-11(20)18-6-8-19(9-7-18)15(22)10-14(21)17-13-5-3-2-4-12(13)16/h2-5H,6-10H2,1H3,(H,17,21). The highest BCUT2D eigenvalue weighted by molar-refractivity contribution is 6.33. The Kier molecular flexibility index (Phi) is 5.38. The van der Waals surface area contributed by atoms with E-state index in [9.17, 15) is 14.4 Å². The summed E-state index contributed by atoms with van der Waals surface area (Å²) in [5.41, 5.74) is 0.489. The van der Waals surface area contributed by atoms with Crippen molar-refractivity contribution in [1.82, 2.24) is 9.80 Å². The van der Waals surface area contributed by atoms with Crippen molar-refractivity contribution in [2.45, 2.75) is 13.3 Å². The zero-order chi connectivity index (χ0) is 16.1. The van der Waals surface area contributed by atoms with Crippen molar-refractivity contribution < 1.29 is 14.4 Å². The number of halogens is 1. The maximum atomic E-state index is 12.1.